The Kier molecular flexibility index (Phi) is 3.56. The molecule has 0 atom stereocenters. The van der Waals surface area contributed by atoms with Crippen LogP contribution in [0.25, 0.3) is 0 Å². The number of carboxylic acid groups (broad SMARTS) is 1. The van der Waals surface area contributed by atoms with Gasteiger partial charge in [0.05, 0.1) is 10.7 Å². The standard InChI is InChI=1S/C11H16N2O3S/c1-6-8(17-7(2)12-6)9(14)13(5)11(3,4)10(15)16/h1-5H3,(H,15,16). The Morgan fingerprint density at radius 1 is 1.35 bits per heavy atom. The fraction of sp³-hybridized carbons (Fsp3) is 0.545. The van der Waals surface area contributed by atoms with Gasteiger partial charge in [-0.05, 0) is 27.7 Å². The monoisotopic (exact) mass is 256 g/mol. The molecule has 0 bridgehead atoms. The summed E-state index contributed by atoms with van der Waals surface area (Å²) >= 11 is 1.28. The van der Waals surface area contributed by atoms with Gasteiger partial charge in [-0.15, -0.1) is 11.3 Å². The van der Waals surface area contributed by atoms with Crippen LogP contribution in [0.5, 0.6) is 0 Å². The summed E-state index contributed by atoms with van der Waals surface area (Å²) < 4.78 is 0. The minimum absolute atomic E-state index is 0.305. The molecule has 94 valence electrons. The molecule has 1 heterocycles. The zero-order chi connectivity index (χ0) is 13.4. The summed E-state index contributed by atoms with van der Waals surface area (Å²) in [7, 11) is 1.49. The van der Waals surface area contributed by atoms with Crippen LogP contribution in [0.2, 0.25) is 0 Å². The van der Waals surface area contributed by atoms with Crippen LogP contribution in [0.15, 0.2) is 0 Å². The molecule has 0 aromatic carbocycles. The average Bonchev–Trinajstić information content (AvgIpc) is 2.55. The van der Waals surface area contributed by atoms with Gasteiger partial charge in [-0.25, -0.2) is 9.78 Å². The third kappa shape index (κ3) is 2.46. The minimum Gasteiger partial charge on any atom is -0.480 e. The van der Waals surface area contributed by atoms with Crippen LogP contribution in [-0.2, 0) is 4.79 Å². The summed E-state index contributed by atoms with van der Waals surface area (Å²) in [5.74, 6) is -1.34. The highest BCUT2D eigenvalue weighted by atomic mass is 32.1. The maximum Gasteiger partial charge on any atom is 0.329 e. The van der Waals surface area contributed by atoms with E-state index in [-0.39, 0.29) is 5.91 Å². The molecular formula is C11H16N2O3S. The first kappa shape index (κ1) is 13.6. The van der Waals surface area contributed by atoms with E-state index in [9.17, 15) is 9.59 Å². The maximum atomic E-state index is 12.2. The van der Waals surface area contributed by atoms with Crippen LogP contribution in [0.3, 0.4) is 0 Å². The van der Waals surface area contributed by atoms with Crippen molar-refractivity contribution in [3.05, 3.63) is 15.6 Å². The van der Waals surface area contributed by atoms with Crippen LogP contribution in [0, 0.1) is 13.8 Å². The number of hydrogen-bond acceptors (Lipinski definition) is 4. The Balaban J connectivity index is 3.06. The third-order valence-corrected chi connectivity index (χ3v) is 3.83. The van der Waals surface area contributed by atoms with Crippen molar-refractivity contribution in [1.29, 1.82) is 0 Å². The number of aromatic nitrogens is 1. The van der Waals surface area contributed by atoms with E-state index in [1.165, 1.54) is 37.1 Å². The van der Waals surface area contributed by atoms with Gasteiger partial charge in [0.1, 0.15) is 10.4 Å². The molecule has 6 heteroatoms. The molecule has 0 saturated carbocycles. The molecule has 0 saturated heterocycles. The summed E-state index contributed by atoms with van der Waals surface area (Å²) in [6.45, 7) is 6.56. The molecule has 5 nitrogen and oxygen atoms in total. The lowest BCUT2D eigenvalue weighted by Gasteiger charge is -2.31. The molecule has 0 spiro atoms. The second-order valence-electron chi connectivity index (χ2n) is 4.38. The first-order valence-electron chi connectivity index (χ1n) is 5.13. The van der Waals surface area contributed by atoms with E-state index in [2.05, 4.69) is 4.98 Å². The summed E-state index contributed by atoms with van der Waals surface area (Å²) in [5, 5.41) is 9.87. The predicted molar refractivity (Wildman–Crippen MR) is 65.4 cm³/mol. The highest BCUT2D eigenvalue weighted by Crippen LogP contribution is 2.22. The van der Waals surface area contributed by atoms with E-state index in [0.29, 0.717) is 10.6 Å². The fourth-order valence-corrected chi connectivity index (χ4v) is 2.17. The topological polar surface area (TPSA) is 70.5 Å². The number of rotatable bonds is 3. The molecule has 0 radical (unpaired) electrons. The van der Waals surface area contributed by atoms with Crippen molar-refractivity contribution in [1.82, 2.24) is 9.88 Å². The summed E-state index contributed by atoms with van der Waals surface area (Å²) in [6.07, 6.45) is 0. The first-order chi connectivity index (χ1) is 7.67. The van der Waals surface area contributed by atoms with Crippen LogP contribution in [0.1, 0.15) is 34.2 Å². The van der Waals surface area contributed by atoms with Crippen molar-refractivity contribution in [2.75, 3.05) is 7.05 Å². The molecular weight excluding hydrogens is 240 g/mol. The van der Waals surface area contributed by atoms with E-state index in [1.807, 2.05) is 6.92 Å². The van der Waals surface area contributed by atoms with Gasteiger partial charge >= 0.3 is 5.97 Å². The number of carbonyl (C=O) groups is 2. The smallest absolute Gasteiger partial charge is 0.329 e. The number of likely N-dealkylation sites (N-methyl/N-ethyl adjacent to an activating group) is 1. The largest absolute Gasteiger partial charge is 0.480 e. The van der Waals surface area contributed by atoms with Crippen molar-refractivity contribution in [3.8, 4) is 0 Å². The number of aliphatic carboxylic acids is 1. The number of nitrogens with zero attached hydrogens (tertiary/aromatic N) is 2. The van der Waals surface area contributed by atoms with Gasteiger partial charge < -0.3 is 10.0 Å². The molecule has 1 aromatic heterocycles. The number of carbonyl (C=O) groups excluding carboxylic acids is 1. The van der Waals surface area contributed by atoms with Crippen molar-refractivity contribution in [2.45, 2.75) is 33.2 Å². The quantitative estimate of drug-likeness (QED) is 0.893. The molecule has 1 rings (SSSR count). The van der Waals surface area contributed by atoms with Gasteiger partial charge in [-0.1, -0.05) is 0 Å². The normalized spacial score (nSPS) is 11.4. The van der Waals surface area contributed by atoms with E-state index in [4.69, 9.17) is 5.11 Å². The predicted octanol–water partition coefficient (Wildman–Crippen LogP) is 1.70. The van der Waals surface area contributed by atoms with Gasteiger partial charge in [-0.3, -0.25) is 4.79 Å². The van der Waals surface area contributed by atoms with Crippen LogP contribution >= 0.6 is 11.3 Å². The van der Waals surface area contributed by atoms with Crippen molar-refractivity contribution in [2.24, 2.45) is 0 Å². The molecule has 17 heavy (non-hydrogen) atoms. The molecule has 0 aliphatic carbocycles. The first-order valence-corrected chi connectivity index (χ1v) is 5.95. The van der Waals surface area contributed by atoms with Crippen molar-refractivity contribution >= 4 is 23.2 Å². The van der Waals surface area contributed by atoms with Crippen molar-refractivity contribution < 1.29 is 14.7 Å². The Labute approximate surface area is 104 Å². The number of thiazole rings is 1. The SMILES string of the molecule is Cc1nc(C)c(C(=O)N(C)C(C)(C)C(=O)O)s1. The highest BCUT2D eigenvalue weighted by Gasteiger charge is 2.36. The molecule has 0 unspecified atom stereocenters. The number of carboxylic acids is 1. The Morgan fingerprint density at radius 3 is 2.24 bits per heavy atom. The molecule has 0 aliphatic rings. The number of hydrogen-bond donors (Lipinski definition) is 1. The second kappa shape index (κ2) is 4.44. The average molecular weight is 256 g/mol. The van der Waals surface area contributed by atoms with Gasteiger partial charge in [-0.2, -0.15) is 0 Å². The van der Waals surface area contributed by atoms with Crippen molar-refractivity contribution in [3.63, 3.8) is 0 Å². The van der Waals surface area contributed by atoms with E-state index in [1.54, 1.807) is 6.92 Å². The van der Waals surface area contributed by atoms with E-state index < -0.39 is 11.5 Å². The Bertz CT molecular complexity index is 465. The molecule has 0 aliphatic heterocycles. The highest BCUT2D eigenvalue weighted by molar-refractivity contribution is 7.13. The zero-order valence-electron chi connectivity index (χ0n) is 10.6. The Hall–Kier alpha value is -1.43. The van der Waals surface area contributed by atoms with Gasteiger partial charge in [0.2, 0.25) is 0 Å². The van der Waals surface area contributed by atoms with Gasteiger partial charge in [0.25, 0.3) is 5.91 Å². The lowest BCUT2D eigenvalue weighted by Crippen LogP contribution is -2.50. The second-order valence-corrected chi connectivity index (χ2v) is 5.58. The molecule has 1 amide bonds. The van der Waals surface area contributed by atoms with Crippen LogP contribution in [0.4, 0.5) is 0 Å². The van der Waals surface area contributed by atoms with Gasteiger partial charge in [0, 0.05) is 7.05 Å². The summed E-state index contributed by atoms with van der Waals surface area (Å²) in [5.41, 5.74) is -0.591. The van der Waals surface area contributed by atoms with E-state index >= 15 is 0 Å². The summed E-state index contributed by atoms with van der Waals surface area (Å²) in [6, 6.07) is 0. The number of aryl methyl sites for hydroxylation is 2. The molecule has 1 N–H and O–H groups in total. The lowest BCUT2D eigenvalue weighted by atomic mass is 10.0. The lowest BCUT2D eigenvalue weighted by molar-refractivity contribution is -0.147. The third-order valence-electron chi connectivity index (χ3n) is 2.76. The number of amides is 1. The fourth-order valence-electron chi connectivity index (χ4n) is 1.28. The van der Waals surface area contributed by atoms with Crippen LogP contribution < -0.4 is 0 Å². The minimum atomic E-state index is -1.23. The molecule has 0 fully saturated rings. The Morgan fingerprint density at radius 2 is 1.88 bits per heavy atom. The molecule has 1 aromatic rings. The summed E-state index contributed by atoms with van der Waals surface area (Å²) in [4.78, 5) is 29.1. The van der Waals surface area contributed by atoms with Crippen LogP contribution in [-0.4, -0.2) is 39.5 Å². The van der Waals surface area contributed by atoms with E-state index in [0.717, 1.165) is 5.01 Å². The van der Waals surface area contributed by atoms with Gasteiger partial charge in [0.15, 0.2) is 0 Å². The maximum absolute atomic E-state index is 12.2. The zero-order valence-corrected chi connectivity index (χ0v) is 11.4.